The van der Waals surface area contributed by atoms with Gasteiger partial charge >= 0.3 is 5.97 Å². The van der Waals surface area contributed by atoms with E-state index >= 15 is 0 Å². The van der Waals surface area contributed by atoms with Gasteiger partial charge in [0.15, 0.2) is 0 Å². The van der Waals surface area contributed by atoms with Crippen LogP contribution < -0.4 is 10.1 Å². The fraction of sp³-hybridized carbons (Fsp3) is 0.125. The molecule has 2 N–H and O–H groups in total. The maximum absolute atomic E-state index is 11.9. The number of nitrogens with one attached hydrogen (secondary N) is 1. The molecule has 0 atom stereocenters. The minimum Gasteiger partial charge on any atom is -0.495 e. The van der Waals surface area contributed by atoms with Gasteiger partial charge in [0.05, 0.1) is 24.1 Å². The fourth-order valence-electron chi connectivity index (χ4n) is 1.78. The Morgan fingerprint density at radius 3 is 2.45 bits per heavy atom. The predicted molar refractivity (Wildman–Crippen MR) is 85.7 cm³/mol. The Labute approximate surface area is 132 Å². The molecule has 0 heterocycles. The molecule has 0 aliphatic heterocycles. The molecule has 0 saturated carbocycles. The average Bonchev–Trinajstić information content (AvgIpc) is 2.54. The lowest BCUT2D eigenvalue weighted by molar-refractivity contribution is -0.113. The molecule has 114 valence electrons. The molecule has 0 aliphatic carbocycles. The molecule has 0 saturated heterocycles. The average molecular weight is 317 g/mol. The summed E-state index contributed by atoms with van der Waals surface area (Å²) in [6.07, 6.45) is 0. The molecule has 0 unspecified atom stereocenters. The van der Waals surface area contributed by atoms with Crippen molar-refractivity contribution in [1.82, 2.24) is 0 Å². The van der Waals surface area contributed by atoms with E-state index in [9.17, 15) is 9.59 Å². The van der Waals surface area contributed by atoms with Crippen LogP contribution in [0.3, 0.4) is 0 Å². The maximum atomic E-state index is 11.9. The van der Waals surface area contributed by atoms with E-state index in [0.29, 0.717) is 11.4 Å². The van der Waals surface area contributed by atoms with Crippen LogP contribution in [0.15, 0.2) is 53.4 Å². The van der Waals surface area contributed by atoms with Crippen molar-refractivity contribution in [3.8, 4) is 5.75 Å². The second-order valence-corrected chi connectivity index (χ2v) is 5.42. The summed E-state index contributed by atoms with van der Waals surface area (Å²) in [6.45, 7) is 0. The Hall–Kier alpha value is -2.47. The standard InChI is InChI=1S/C16H15NO4S/c1-21-14-5-3-2-4-13(14)17-15(18)10-22-12-8-6-11(7-9-12)16(19)20/h2-9H,10H2,1H3,(H,17,18)(H,19,20). The number of anilines is 1. The highest BCUT2D eigenvalue weighted by molar-refractivity contribution is 8.00. The van der Waals surface area contributed by atoms with Gasteiger partial charge in [-0.25, -0.2) is 4.79 Å². The lowest BCUT2D eigenvalue weighted by Crippen LogP contribution is -2.14. The summed E-state index contributed by atoms with van der Waals surface area (Å²) in [5.74, 6) is -0.293. The van der Waals surface area contributed by atoms with Crippen molar-refractivity contribution in [2.24, 2.45) is 0 Å². The van der Waals surface area contributed by atoms with Gasteiger partial charge in [-0.3, -0.25) is 4.79 Å². The summed E-state index contributed by atoms with van der Waals surface area (Å²) in [7, 11) is 1.55. The van der Waals surface area contributed by atoms with Crippen molar-refractivity contribution in [3.63, 3.8) is 0 Å². The number of amides is 1. The molecule has 0 bridgehead atoms. The number of carboxylic acids is 1. The quantitative estimate of drug-likeness (QED) is 0.801. The van der Waals surface area contributed by atoms with Gasteiger partial charge in [0, 0.05) is 4.90 Å². The molecule has 1 amide bonds. The number of rotatable bonds is 6. The molecule has 6 heteroatoms. The van der Waals surface area contributed by atoms with E-state index in [-0.39, 0.29) is 17.2 Å². The van der Waals surface area contributed by atoms with Crippen LogP contribution in [-0.4, -0.2) is 29.8 Å². The van der Waals surface area contributed by atoms with Gasteiger partial charge in [-0.15, -0.1) is 11.8 Å². The van der Waals surface area contributed by atoms with Crippen molar-refractivity contribution in [2.45, 2.75) is 4.90 Å². The van der Waals surface area contributed by atoms with Crippen LogP contribution in [0.25, 0.3) is 0 Å². The molecule has 0 aromatic heterocycles. The number of hydrogen-bond acceptors (Lipinski definition) is 4. The zero-order valence-electron chi connectivity index (χ0n) is 11.9. The van der Waals surface area contributed by atoms with Crippen molar-refractivity contribution in [3.05, 3.63) is 54.1 Å². The van der Waals surface area contributed by atoms with Crippen molar-refractivity contribution >= 4 is 29.3 Å². The number of ether oxygens (including phenoxy) is 1. The number of carbonyl (C=O) groups excluding carboxylic acids is 1. The molecule has 22 heavy (non-hydrogen) atoms. The van der Waals surface area contributed by atoms with Crippen LogP contribution >= 0.6 is 11.8 Å². The highest BCUT2D eigenvalue weighted by Crippen LogP contribution is 2.24. The van der Waals surface area contributed by atoms with Crippen LogP contribution in [0.5, 0.6) is 5.75 Å². The third-order valence-corrected chi connectivity index (χ3v) is 3.86. The third kappa shape index (κ3) is 4.26. The van der Waals surface area contributed by atoms with Crippen molar-refractivity contribution in [2.75, 3.05) is 18.2 Å². The Morgan fingerprint density at radius 1 is 1.14 bits per heavy atom. The Kier molecular flexibility index (Phi) is 5.43. The molecule has 0 radical (unpaired) electrons. The minimum atomic E-state index is -0.967. The number of carbonyl (C=O) groups is 2. The molecule has 0 fully saturated rings. The largest absolute Gasteiger partial charge is 0.495 e. The number of carboxylic acid groups (broad SMARTS) is 1. The predicted octanol–water partition coefficient (Wildman–Crippen LogP) is 3.12. The van der Waals surface area contributed by atoms with E-state index in [1.807, 2.05) is 12.1 Å². The fourth-order valence-corrected chi connectivity index (χ4v) is 2.48. The van der Waals surface area contributed by atoms with Crippen molar-refractivity contribution in [1.29, 1.82) is 0 Å². The topological polar surface area (TPSA) is 75.6 Å². The first kappa shape index (κ1) is 15.9. The Morgan fingerprint density at radius 2 is 1.82 bits per heavy atom. The van der Waals surface area contributed by atoms with Crippen LogP contribution in [0.2, 0.25) is 0 Å². The first-order chi connectivity index (χ1) is 10.6. The summed E-state index contributed by atoms with van der Waals surface area (Å²) < 4.78 is 5.17. The second-order valence-electron chi connectivity index (χ2n) is 4.37. The van der Waals surface area contributed by atoms with Gasteiger partial charge in [-0.05, 0) is 36.4 Å². The first-order valence-electron chi connectivity index (χ1n) is 6.49. The SMILES string of the molecule is COc1ccccc1NC(=O)CSc1ccc(C(=O)O)cc1. The Bertz CT molecular complexity index is 670. The Balaban J connectivity index is 1.91. The summed E-state index contributed by atoms with van der Waals surface area (Å²) in [5, 5.41) is 11.6. The molecule has 0 aliphatic rings. The zero-order chi connectivity index (χ0) is 15.9. The maximum Gasteiger partial charge on any atom is 0.335 e. The van der Waals surface area contributed by atoms with E-state index in [0.717, 1.165) is 4.90 Å². The van der Waals surface area contributed by atoms with E-state index in [4.69, 9.17) is 9.84 Å². The van der Waals surface area contributed by atoms with E-state index in [1.54, 1.807) is 31.4 Å². The van der Waals surface area contributed by atoms with Gasteiger partial charge in [0.2, 0.25) is 5.91 Å². The first-order valence-corrected chi connectivity index (χ1v) is 7.47. The molecule has 2 aromatic carbocycles. The number of thioether (sulfide) groups is 1. The molecular formula is C16H15NO4S. The third-order valence-electron chi connectivity index (χ3n) is 2.85. The summed E-state index contributed by atoms with van der Waals surface area (Å²) in [5.41, 5.74) is 0.847. The van der Waals surface area contributed by atoms with Crippen LogP contribution in [0, 0.1) is 0 Å². The van der Waals surface area contributed by atoms with Crippen LogP contribution in [0.1, 0.15) is 10.4 Å². The monoisotopic (exact) mass is 317 g/mol. The van der Waals surface area contributed by atoms with Gasteiger partial charge in [0.25, 0.3) is 0 Å². The van der Waals surface area contributed by atoms with Gasteiger partial charge < -0.3 is 15.2 Å². The highest BCUT2D eigenvalue weighted by atomic mass is 32.2. The molecule has 2 aromatic rings. The van der Waals surface area contributed by atoms with Crippen LogP contribution in [0.4, 0.5) is 5.69 Å². The van der Waals surface area contributed by atoms with E-state index < -0.39 is 5.97 Å². The minimum absolute atomic E-state index is 0.156. The number of benzene rings is 2. The second kappa shape index (κ2) is 7.51. The lowest BCUT2D eigenvalue weighted by Gasteiger charge is -2.09. The smallest absolute Gasteiger partial charge is 0.335 e. The molecule has 0 spiro atoms. The molecule has 2 rings (SSSR count). The van der Waals surface area contributed by atoms with Gasteiger partial charge in [0.1, 0.15) is 5.75 Å². The summed E-state index contributed by atoms with van der Waals surface area (Å²) in [6, 6.07) is 13.6. The lowest BCUT2D eigenvalue weighted by atomic mass is 10.2. The number of para-hydroxylation sites is 2. The highest BCUT2D eigenvalue weighted by Gasteiger charge is 2.08. The van der Waals surface area contributed by atoms with Gasteiger partial charge in [-0.2, -0.15) is 0 Å². The molecular weight excluding hydrogens is 302 g/mol. The zero-order valence-corrected chi connectivity index (χ0v) is 12.7. The number of methoxy groups -OCH3 is 1. The summed E-state index contributed by atoms with van der Waals surface area (Å²) in [4.78, 5) is 23.5. The number of aromatic carboxylic acids is 1. The van der Waals surface area contributed by atoms with Crippen LogP contribution in [-0.2, 0) is 4.79 Å². The van der Waals surface area contributed by atoms with E-state index in [2.05, 4.69) is 5.32 Å². The van der Waals surface area contributed by atoms with Crippen molar-refractivity contribution < 1.29 is 19.4 Å². The normalized spacial score (nSPS) is 10.0. The van der Waals surface area contributed by atoms with Gasteiger partial charge in [-0.1, -0.05) is 12.1 Å². The van der Waals surface area contributed by atoms with E-state index in [1.165, 1.54) is 23.9 Å². The summed E-state index contributed by atoms with van der Waals surface area (Å²) >= 11 is 1.34. The molecule has 5 nitrogen and oxygen atoms in total. The number of hydrogen-bond donors (Lipinski definition) is 2.